The highest BCUT2D eigenvalue weighted by atomic mass is 16.5. The van der Waals surface area contributed by atoms with Gasteiger partial charge in [0.1, 0.15) is 5.69 Å². The van der Waals surface area contributed by atoms with Gasteiger partial charge in [-0.25, -0.2) is 4.79 Å². The van der Waals surface area contributed by atoms with Crippen LogP contribution < -0.4 is 0 Å². The zero-order chi connectivity index (χ0) is 12.4. The molecule has 1 aromatic carbocycles. The summed E-state index contributed by atoms with van der Waals surface area (Å²) in [5.41, 5.74) is 3.90. The summed E-state index contributed by atoms with van der Waals surface area (Å²) in [7, 11) is 3.23. The van der Waals surface area contributed by atoms with E-state index in [9.17, 15) is 4.79 Å². The van der Waals surface area contributed by atoms with Crippen LogP contribution in [0.15, 0.2) is 36.5 Å². The number of rotatable bonds is 2. The summed E-state index contributed by atoms with van der Waals surface area (Å²) in [6.07, 6.45) is 1.93. The molecule has 0 unspecified atom stereocenters. The van der Waals surface area contributed by atoms with Crippen molar-refractivity contribution in [2.45, 2.75) is 6.92 Å². The van der Waals surface area contributed by atoms with Crippen LogP contribution in [0.2, 0.25) is 0 Å². The molecule has 88 valence electrons. The molecule has 2 aromatic rings. The Morgan fingerprint density at radius 2 is 1.82 bits per heavy atom. The smallest absolute Gasteiger partial charge is 0.354 e. The van der Waals surface area contributed by atoms with Gasteiger partial charge in [-0.1, -0.05) is 29.8 Å². The van der Waals surface area contributed by atoms with Crippen LogP contribution in [-0.4, -0.2) is 17.6 Å². The minimum absolute atomic E-state index is 0.314. The molecule has 0 spiro atoms. The zero-order valence-corrected chi connectivity index (χ0v) is 10.2. The third-order valence-electron chi connectivity index (χ3n) is 2.78. The van der Waals surface area contributed by atoms with E-state index in [1.165, 1.54) is 12.7 Å². The maximum Gasteiger partial charge on any atom is 0.354 e. The zero-order valence-electron chi connectivity index (χ0n) is 10.2. The number of aryl methyl sites for hydroxylation is 2. The number of ether oxygens (including phenoxy) is 1. The van der Waals surface area contributed by atoms with Crippen molar-refractivity contribution < 1.29 is 9.53 Å². The fourth-order valence-electron chi connectivity index (χ4n) is 1.78. The first-order valence-corrected chi connectivity index (χ1v) is 5.43. The number of benzene rings is 1. The van der Waals surface area contributed by atoms with E-state index in [2.05, 4.69) is 19.1 Å². The van der Waals surface area contributed by atoms with E-state index >= 15 is 0 Å². The van der Waals surface area contributed by atoms with Crippen LogP contribution in [-0.2, 0) is 11.8 Å². The van der Waals surface area contributed by atoms with Gasteiger partial charge in [-0.2, -0.15) is 0 Å². The number of carbonyl (C=O) groups excluding carboxylic acids is 1. The predicted molar refractivity (Wildman–Crippen MR) is 66.9 cm³/mol. The lowest BCUT2D eigenvalue weighted by Gasteiger charge is -1.98. The third-order valence-corrected chi connectivity index (χ3v) is 2.78. The van der Waals surface area contributed by atoms with Crippen LogP contribution in [0, 0.1) is 6.92 Å². The quantitative estimate of drug-likeness (QED) is 0.741. The molecule has 0 saturated heterocycles. The predicted octanol–water partition coefficient (Wildman–Crippen LogP) is 2.79. The Morgan fingerprint density at radius 1 is 1.18 bits per heavy atom. The second-order valence-electron chi connectivity index (χ2n) is 4.08. The van der Waals surface area contributed by atoms with Crippen LogP contribution in [0.3, 0.4) is 0 Å². The maximum atomic E-state index is 11.5. The van der Waals surface area contributed by atoms with Crippen LogP contribution >= 0.6 is 0 Å². The van der Waals surface area contributed by atoms with Gasteiger partial charge in [-0.3, -0.25) is 0 Å². The van der Waals surface area contributed by atoms with Gasteiger partial charge in [0.05, 0.1) is 7.11 Å². The average Bonchev–Trinajstić information content (AvgIpc) is 2.71. The molecule has 1 aromatic heterocycles. The normalized spacial score (nSPS) is 10.3. The highest BCUT2D eigenvalue weighted by Gasteiger charge is 2.12. The SMILES string of the molecule is COC(=O)c1cc(-c2ccc(C)cc2)cn1C. The van der Waals surface area contributed by atoms with E-state index in [0.29, 0.717) is 5.69 Å². The highest BCUT2D eigenvalue weighted by molar-refractivity contribution is 5.89. The summed E-state index contributed by atoms with van der Waals surface area (Å²) in [5, 5.41) is 0. The second-order valence-corrected chi connectivity index (χ2v) is 4.08. The van der Waals surface area contributed by atoms with Gasteiger partial charge in [0, 0.05) is 18.8 Å². The molecule has 0 saturated carbocycles. The Labute approximate surface area is 101 Å². The number of aromatic nitrogens is 1. The van der Waals surface area contributed by atoms with Crippen molar-refractivity contribution in [1.82, 2.24) is 4.57 Å². The van der Waals surface area contributed by atoms with E-state index in [0.717, 1.165) is 11.1 Å². The van der Waals surface area contributed by atoms with Crippen molar-refractivity contribution in [3.63, 3.8) is 0 Å². The second kappa shape index (κ2) is 4.45. The van der Waals surface area contributed by atoms with Crippen molar-refractivity contribution in [3.05, 3.63) is 47.8 Å². The number of methoxy groups -OCH3 is 1. The van der Waals surface area contributed by atoms with Crippen molar-refractivity contribution in [2.24, 2.45) is 7.05 Å². The average molecular weight is 229 g/mol. The van der Waals surface area contributed by atoms with Crippen molar-refractivity contribution >= 4 is 5.97 Å². The molecule has 0 aliphatic carbocycles. The Kier molecular flexibility index (Phi) is 3.00. The van der Waals surface area contributed by atoms with E-state index in [-0.39, 0.29) is 5.97 Å². The summed E-state index contributed by atoms with van der Waals surface area (Å²) in [5.74, 6) is -0.314. The third kappa shape index (κ3) is 2.23. The Hall–Kier alpha value is -2.03. The fraction of sp³-hybridized carbons (Fsp3) is 0.214. The molecule has 0 fully saturated rings. The summed E-state index contributed by atoms with van der Waals surface area (Å²) in [6, 6.07) is 10.0. The molecule has 17 heavy (non-hydrogen) atoms. The lowest BCUT2D eigenvalue weighted by atomic mass is 10.1. The number of esters is 1. The largest absolute Gasteiger partial charge is 0.464 e. The lowest BCUT2D eigenvalue weighted by Crippen LogP contribution is -2.06. The molecule has 0 N–H and O–H groups in total. The Balaban J connectivity index is 2.41. The van der Waals surface area contributed by atoms with Gasteiger partial charge in [0.2, 0.25) is 0 Å². The van der Waals surface area contributed by atoms with E-state index in [1.54, 1.807) is 4.57 Å². The first kappa shape index (κ1) is 11.5. The van der Waals surface area contributed by atoms with Crippen molar-refractivity contribution in [1.29, 1.82) is 0 Å². The highest BCUT2D eigenvalue weighted by Crippen LogP contribution is 2.22. The first-order valence-electron chi connectivity index (χ1n) is 5.43. The van der Waals surface area contributed by atoms with Gasteiger partial charge >= 0.3 is 5.97 Å². The number of hydrogen-bond donors (Lipinski definition) is 0. The molecule has 1 heterocycles. The van der Waals surface area contributed by atoms with Gasteiger partial charge in [-0.05, 0) is 18.6 Å². The summed E-state index contributed by atoms with van der Waals surface area (Å²) >= 11 is 0. The molecule has 0 atom stereocenters. The van der Waals surface area contributed by atoms with Crippen LogP contribution in [0.5, 0.6) is 0 Å². The number of nitrogens with zero attached hydrogens (tertiary/aromatic N) is 1. The molecule has 0 radical (unpaired) electrons. The first-order chi connectivity index (χ1) is 8.11. The molecule has 0 aliphatic heterocycles. The number of carbonyl (C=O) groups is 1. The minimum atomic E-state index is -0.314. The van der Waals surface area contributed by atoms with Crippen molar-refractivity contribution in [3.8, 4) is 11.1 Å². The van der Waals surface area contributed by atoms with Crippen LogP contribution in [0.1, 0.15) is 16.1 Å². The molecular formula is C14H15NO2. The topological polar surface area (TPSA) is 31.2 Å². The minimum Gasteiger partial charge on any atom is -0.464 e. The lowest BCUT2D eigenvalue weighted by molar-refractivity contribution is 0.0590. The molecule has 3 heteroatoms. The summed E-state index contributed by atoms with van der Waals surface area (Å²) in [6.45, 7) is 2.05. The van der Waals surface area contributed by atoms with Gasteiger partial charge in [-0.15, -0.1) is 0 Å². The molecule has 2 rings (SSSR count). The molecule has 0 bridgehead atoms. The van der Waals surface area contributed by atoms with Crippen LogP contribution in [0.4, 0.5) is 0 Å². The summed E-state index contributed by atoms with van der Waals surface area (Å²) < 4.78 is 6.50. The monoisotopic (exact) mass is 229 g/mol. The van der Waals surface area contributed by atoms with Crippen molar-refractivity contribution in [2.75, 3.05) is 7.11 Å². The van der Waals surface area contributed by atoms with E-state index in [4.69, 9.17) is 4.74 Å². The molecule has 3 nitrogen and oxygen atoms in total. The Bertz CT molecular complexity index is 538. The summed E-state index contributed by atoms with van der Waals surface area (Å²) in [4.78, 5) is 11.5. The Morgan fingerprint density at radius 3 is 2.41 bits per heavy atom. The molecule has 0 aliphatic rings. The van der Waals surface area contributed by atoms with Gasteiger partial charge < -0.3 is 9.30 Å². The van der Waals surface area contributed by atoms with E-state index in [1.807, 2.05) is 31.4 Å². The maximum absolute atomic E-state index is 11.5. The molecule has 0 amide bonds. The molecular weight excluding hydrogens is 214 g/mol. The standard InChI is InChI=1S/C14H15NO2/c1-10-4-6-11(7-5-10)12-8-13(14(16)17-3)15(2)9-12/h4-9H,1-3H3. The van der Waals surface area contributed by atoms with E-state index < -0.39 is 0 Å². The van der Waals surface area contributed by atoms with Gasteiger partial charge in [0.25, 0.3) is 0 Å². The van der Waals surface area contributed by atoms with Crippen LogP contribution in [0.25, 0.3) is 11.1 Å². The number of hydrogen-bond acceptors (Lipinski definition) is 2. The van der Waals surface area contributed by atoms with Gasteiger partial charge in [0.15, 0.2) is 0 Å². The fourth-order valence-corrected chi connectivity index (χ4v) is 1.78.